The Hall–Kier alpha value is -3.14. The number of rotatable bonds is 3. The molecule has 0 saturated heterocycles. The molecule has 3 heterocycles. The molecule has 1 aliphatic rings. The van der Waals surface area contributed by atoms with Crippen molar-refractivity contribution >= 4 is 21.7 Å². The summed E-state index contributed by atoms with van der Waals surface area (Å²) in [6.07, 6.45) is 2.68. The van der Waals surface area contributed by atoms with E-state index in [0.29, 0.717) is 29.8 Å². The average molecular weight is 443 g/mol. The largest absolute Gasteiger partial charge is 0.475 e. The number of benzene rings is 1. The molecule has 3 aromatic rings. The molecule has 1 aromatic carbocycles. The highest BCUT2D eigenvalue weighted by Crippen LogP contribution is 2.27. The van der Waals surface area contributed by atoms with Gasteiger partial charge in [-0.1, -0.05) is 19.9 Å². The summed E-state index contributed by atoms with van der Waals surface area (Å²) >= 11 is 0. The van der Waals surface area contributed by atoms with Gasteiger partial charge in [-0.05, 0) is 37.5 Å². The van der Waals surface area contributed by atoms with E-state index in [1.807, 2.05) is 26.2 Å². The lowest BCUT2D eigenvalue weighted by Crippen LogP contribution is -2.29. The summed E-state index contributed by atoms with van der Waals surface area (Å²) in [4.78, 5) is 8.86. The van der Waals surface area contributed by atoms with Crippen LogP contribution in [0.3, 0.4) is 0 Å². The van der Waals surface area contributed by atoms with Gasteiger partial charge in [-0.3, -0.25) is 4.68 Å². The van der Waals surface area contributed by atoms with Gasteiger partial charge in [-0.2, -0.15) is 10.1 Å². The topological polar surface area (TPSA) is 111 Å². The van der Waals surface area contributed by atoms with Crippen molar-refractivity contribution in [3.63, 3.8) is 0 Å². The van der Waals surface area contributed by atoms with E-state index in [1.54, 1.807) is 28.9 Å². The summed E-state index contributed by atoms with van der Waals surface area (Å²) in [5, 5.41) is 7.75. The van der Waals surface area contributed by atoms with Crippen LogP contribution in [0.5, 0.6) is 5.88 Å². The van der Waals surface area contributed by atoms with Gasteiger partial charge < -0.3 is 10.1 Å². The molecule has 4 rings (SSSR count). The molecule has 0 spiro atoms. The molecule has 0 saturated carbocycles. The number of fused-ring (bicyclic) bond motifs is 4. The summed E-state index contributed by atoms with van der Waals surface area (Å²) < 4.78 is 36.1. The number of anilines is 2. The maximum Gasteiger partial charge on any atom is 0.264 e. The first-order valence-corrected chi connectivity index (χ1v) is 11.6. The highest BCUT2D eigenvalue weighted by Gasteiger charge is 2.21. The monoisotopic (exact) mass is 442 g/mol. The number of nitrogens with zero attached hydrogens (tertiary/aromatic N) is 4. The fourth-order valence-electron chi connectivity index (χ4n) is 3.63. The number of nitrogens with one attached hydrogen (secondary N) is 2. The SMILES string of the molecule is Cc1nn(C)cc1-c1cc2nc(n1)NS(=O)(=O)c1cccc(c1)N[C@H](CC(C)C)CO2. The molecule has 1 aliphatic heterocycles. The first-order chi connectivity index (χ1) is 14.7. The second-order valence-corrected chi connectivity index (χ2v) is 9.81. The Morgan fingerprint density at radius 1 is 1.26 bits per heavy atom. The van der Waals surface area contributed by atoms with Crippen LogP contribution in [0.25, 0.3) is 11.3 Å². The molecule has 164 valence electrons. The minimum absolute atomic E-state index is 0.0210. The second kappa shape index (κ2) is 8.18. The Morgan fingerprint density at radius 3 is 2.77 bits per heavy atom. The maximum atomic E-state index is 13.0. The molecule has 10 heteroatoms. The Kier molecular flexibility index (Phi) is 5.57. The zero-order valence-corrected chi connectivity index (χ0v) is 18.8. The van der Waals surface area contributed by atoms with Crippen molar-refractivity contribution in [2.45, 2.75) is 38.1 Å². The maximum absolute atomic E-state index is 13.0. The lowest BCUT2D eigenvalue weighted by Gasteiger charge is -2.23. The second-order valence-electron chi connectivity index (χ2n) is 8.13. The normalized spacial score (nSPS) is 17.6. The van der Waals surface area contributed by atoms with E-state index >= 15 is 0 Å². The van der Waals surface area contributed by atoms with Crippen LogP contribution in [0, 0.1) is 12.8 Å². The predicted molar refractivity (Wildman–Crippen MR) is 119 cm³/mol. The molecule has 4 bridgehead atoms. The predicted octanol–water partition coefficient (Wildman–Crippen LogP) is 3.21. The van der Waals surface area contributed by atoms with Crippen LogP contribution in [0.15, 0.2) is 41.4 Å². The van der Waals surface area contributed by atoms with Gasteiger partial charge in [0.05, 0.1) is 22.3 Å². The third kappa shape index (κ3) is 4.79. The zero-order chi connectivity index (χ0) is 22.2. The molecule has 9 nitrogen and oxygen atoms in total. The van der Waals surface area contributed by atoms with Gasteiger partial charge in [-0.15, -0.1) is 0 Å². The molecule has 0 unspecified atom stereocenters. The van der Waals surface area contributed by atoms with Crippen LogP contribution in [-0.2, 0) is 17.1 Å². The fraction of sp³-hybridized carbons (Fsp3) is 0.381. The van der Waals surface area contributed by atoms with Crippen LogP contribution in [0.1, 0.15) is 26.0 Å². The van der Waals surface area contributed by atoms with Crippen LogP contribution < -0.4 is 14.8 Å². The smallest absolute Gasteiger partial charge is 0.264 e. The van der Waals surface area contributed by atoms with Gasteiger partial charge in [-0.25, -0.2) is 18.1 Å². The van der Waals surface area contributed by atoms with Crippen molar-refractivity contribution in [1.29, 1.82) is 0 Å². The Labute approximate surface area is 181 Å². The molecule has 2 N–H and O–H groups in total. The molecule has 0 fully saturated rings. The Morgan fingerprint density at radius 2 is 2.06 bits per heavy atom. The first-order valence-electron chi connectivity index (χ1n) is 10.1. The molecule has 0 radical (unpaired) electrons. The highest BCUT2D eigenvalue weighted by atomic mass is 32.2. The lowest BCUT2D eigenvalue weighted by molar-refractivity contribution is 0.271. The van der Waals surface area contributed by atoms with Crippen molar-refractivity contribution in [3.05, 3.63) is 42.2 Å². The molecular formula is C21H26N6O3S. The van der Waals surface area contributed by atoms with Crippen LogP contribution in [0.4, 0.5) is 11.6 Å². The van der Waals surface area contributed by atoms with E-state index in [9.17, 15) is 8.42 Å². The molecular weight excluding hydrogens is 416 g/mol. The molecule has 2 aromatic heterocycles. The average Bonchev–Trinajstić information content (AvgIpc) is 3.03. The van der Waals surface area contributed by atoms with Gasteiger partial charge >= 0.3 is 0 Å². The zero-order valence-electron chi connectivity index (χ0n) is 18.0. The van der Waals surface area contributed by atoms with E-state index in [-0.39, 0.29) is 16.9 Å². The number of hydrogen-bond donors (Lipinski definition) is 2. The quantitative estimate of drug-likeness (QED) is 0.641. The van der Waals surface area contributed by atoms with Crippen LogP contribution in [-0.4, -0.2) is 40.8 Å². The molecule has 0 aliphatic carbocycles. The van der Waals surface area contributed by atoms with Crippen LogP contribution in [0.2, 0.25) is 0 Å². The van der Waals surface area contributed by atoms with E-state index in [2.05, 4.69) is 39.0 Å². The van der Waals surface area contributed by atoms with Gasteiger partial charge in [0.25, 0.3) is 10.0 Å². The van der Waals surface area contributed by atoms with Gasteiger partial charge in [0.1, 0.15) is 6.61 Å². The summed E-state index contributed by atoms with van der Waals surface area (Å²) in [6, 6.07) is 8.39. The standard InChI is InChI=1S/C21H26N6O3S/c1-13(2)8-16-12-30-20-10-19(18-11-27(4)25-14(18)3)23-21(24-20)26-31(28,29)17-7-5-6-15(9-17)22-16/h5-7,9-11,13,16,22H,8,12H2,1-4H3,(H,23,24,26)/t16-/m1/s1. The number of sulfonamides is 1. The van der Waals surface area contributed by atoms with Crippen molar-refractivity contribution in [3.8, 4) is 17.1 Å². The summed E-state index contributed by atoms with van der Waals surface area (Å²) in [5.74, 6) is 0.679. The number of ether oxygens (including phenoxy) is 1. The Bertz CT molecular complexity index is 1210. The number of aromatic nitrogens is 4. The summed E-state index contributed by atoms with van der Waals surface area (Å²) in [6.45, 7) is 6.51. The van der Waals surface area contributed by atoms with Crippen molar-refractivity contribution in [2.24, 2.45) is 13.0 Å². The van der Waals surface area contributed by atoms with E-state index in [1.165, 1.54) is 0 Å². The highest BCUT2D eigenvalue weighted by molar-refractivity contribution is 7.92. The van der Waals surface area contributed by atoms with Crippen molar-refractivity contribution in [2.75, 3.05) is 16.6 Å². The van der Waals surface area contributed by atoms with Crippen molar-refractivity contribution < 1.29 is 13.2 Å². The van der Waals surface area contributed by atoms with E-state index < -0.39 is 10.0 Å². The number of hydrogen-bond acceptors (Lipinski definition) is 7. The first kappa shape index (κ1) is 21.1. The molecule has 0 amide bonds. The van der Waals surface area contributed by atoms with Crippen LogP contribution >= 0.6 is 0 Å². The summed E-state index contributed by atoms with van der Waals surface area (Å²) in [5.41, 5.74) is 2.80. The van der Waals surface area contributed by atoms with E-state index in [4.69, 9.17) is 4.74 Å². The summed E-state index contributed by atoms with van der Waals surface area (Å²) in [7, 11) is -2.06. The minimum Gasteiger partial charge on any atom is -0.475 e. The van der Waals surface area contributed by atoms with Gasteiger partial charge in [0, 0.05) is 30.6 Å². The minimum atomic E-state index is -3.88. The fourth-order valence-corrected chi connectivity index (χ4v) is 4.61. The lowest BCUT2D eigenvalue weighted by atomic mass is 10.0. The molecule has 31 heavy (non-hydrogen) atoms. The Balaban J connectivity index is 1.81. The third-order valence-electron chi connectivity index (χ3n) is 4.92. The van der Waals surface area contributed by atoms with Gasteiger partial charge in [0.15, 0.2) is 0 Å². The molecule has 1 atom stereocenters. The van der Waals surface area contributed by atoms with E-state index in [0.717, 1.165) is 17.7 Å². The number of aryl methyl sites for hydroxylation is 2. The third-order valence-corrected chi connectivity index (χ3v) is 6.25. The van der Waals surface area contributed by atoms with Crippen molar-refractivity contribution in [1.82, 2.24) is 19.7 Å². The van der Waals surface area contributed by atoms with Gasteiger partial charge in [0.2, 0.25) is 11.8 Å².